The number of carbonyl (C=O) groups excluding carboxylic acids is 1. The van der Waals surface area contributed by atoms with E-state index in [9.17, 15) is 4.79 Å². The van der Waals surface area contributed by atoms with Gasteiger partial charge in [-0.05, 0) is 50.3 Å². The summed E-state index contributed by atoms with van der Waals surface area (Å²) in [5.41, 5.74) is 11.4. The Morgan fingerprint density at radius 2 is 1.69 bits per heavy atom. The van der Waals surface area contributed by atoms with Crippen LogP contribution in [0, 0.1) is 0 Å². The molecule has 2 aliphatic carbocycles. The summed E-state index contributed by atoms with van der Waals surface area (Å²) in [6.07, 6.45) is 8.03. The average molecular weight is 433 g/mol. The summed E-state index contributed by atoms with van der Waals surface area (Å²) in [7, 11) is 0. The van der Waals surface area contributed by atoms with Crippen molar-refractivity contribution >= 4 is 28.3 Å². The highest BCUT2D eigenvalue weighted by molar-refractivity contribution is 6.03. The second kappa shape index (κ2) is 7.65. The number of hydrogen-bond acceptors (Lipinski definition) is 4. The topological polar surface area (TPSA) is 90.5 Å². The van der Waals surface area contributed by atoms with Crippen molar-refractivity contribution < 1.29 is 14.3 Å². The summed E-state index contributed by atoms with van der Waals surface area (Å²) in [4.78, 5) is 12.3. The van der Waals surface area contributed by atoms with Gasteiger partial charge in [0.15, 0.2) is 11.5 Å². The van der Waals surface area contributed by atoms with E-state index < -0.39 is 0 Å². The Morgan fingerprint density at radius 3 is 2.38 bits per heavy atom. The molecule has 7 nitrogen and oxygen atoms in total. The lowest BCUT2D eigenvalue weighted by molar-refractivity contribution is 0.174. The van der Waals surface area contributed by atoms with Crippen LogP contribution in [0.2, 0.25) is 0 Å². The average Bonchev–Trinajstić information content (AvgIpc) is 3.47. The maximum absolute atomic E-state index is 12.3. The number of fused-ring (bicyclic) bond motifs is 2. The van der Waals surface area contributed by atoms with E-state index in [-0.39, 0.29) is 12.8 Å². The van der Waals surface area contributed by atoms with Crippen molar-refractivity contribution in [2.45, 2.75) is 57.0 Å². The molecular weight excluding hydrogens is 404 g/mol. The molecule has 2 heterocycles. The number of carbonyl (C=O) groups is 1. The van der Waals surface area contributed by atoms with Crippen LogP contribution in [0.25, 0.3) is 22.2 Å². The molecule has 6 rings (SSSR count). The zero-order valence-electron chi connectivity index (χ0n) is 18.0. The van der Waals surface area contributed by atoms with Crippen LogP contribution in [0.3, 0.4) is 0 Å². The first kappa shape index (κ1) is 19.3. The third-order valence-electron chi connectivity index (χ3n) is 7.08. The van der Waals surface area contributed by atoms with E-state index in [4.69, 9.17) is 15.2 Å². The van der Waals surface area contributed by atoms with E-state index in [0.29, 0.717) is 12.1 Å². The van der Waals surface area contributed by atoms with Crippen LogP contribution in [-0.2, 0) is 0 Å². The third-order valence-corrected chi connectivity index (χ3v) is 7.08. The molecule has 0 atom stereocenters. The predicted molar refractivity (Wildman–Crippen MR) is 125 cm³/mol. The normalized spacial score (nSPS) is 18.1. The van der Waals surface area contributed by atoms with E-state index in [1.165, 1.54) is 19.3 Å². The number of nitrogens with one attached hydrogen (secondary N) is 2. The summed E-state index contributed by atoms with van der Waals surface area (Å²) in [5, 5.41) is 7.02. The van der Waals surface area contributed by atoms with Crippen molar-refractivity contribution in [1.82, 2.24) is 9.88 Å². The number of anilines is 2. The Hall–Kier alpha value is -3.35. The minimum Gasteiger partial charge on any atom is -0.454 e. The number of rotatable bonds is 4. The maximum atomic E-state index is 12.3. The van der Waals surface area contributed by atoms with Gasteiger partial charge >= 0.3 is 6.03 Å². The highest BCUT2D eigenvalue weighted by atomic mass is 16.7. The first-order valence-electron chi connectivity index (χ1n) is 11.6. The van der Waals surface area contributed by atoms with Gasteiger partial charge in [-0.2, -0.15) is 0 Å². The SMILES string of the molecule is Nc1c(-c2ccc(NC(=O)NC3CCCC3)cc2)n(C2CCC2)c2cc3c(cc12)OCO3. The summed E-state index contributed by atoms with van der Waals surface area (Å²) in [6.45, 7) is 0.251. The molecule has 166 valence electrons. The molecule has 2 aromatic carbocycles. The Kier molecular flexibility index (Phi) is 4.63. The number of nitrogens with two attached hydrogens (primary N) is 1. The molecule has 2 fully saturated rings. The standard InChI is InChI=1S/C25H28N4O3/c26-23-19-12-21-22(32-14-31-21)13-20(19)29(18-6-3-7-18)24(23)15-8-10-17(11-9-15)28-25(30)27-16-4-1-2-5-16/h8-13,16,18H,1-7,14,26H2,(H2,27,28,30). The lowest BCUT2D eigenvalue weighted by Gasteiger charge is -2.30. The molecule has 4 N–H and O–H groups in total. The lowest BCUT2D eigenvalue weighted by Crippen LogP contribution is -2.36. The molecule has 3 aliphatic rings. The molecule has 32 heavy (non-hydrogen) atoms. The van der Waals surface area contributed by atoms with Crippen LogP contribution in [0.15, 0.2) is 36.4 Å². The second-order valence-corrected chi connectivity index (χ2v) is 9.10. The van der Waals surface area contributed by atoms with Crippen LogP contribution in [0.1, 0.15) is 51.0 Å². The van der Waals surface area contributed by atoms with Crippen LogP contribution in [-0.4, -0.2) is 23.4 Å². The third kappa shape index (κ3) is 3.23. The fourth-order valence-corrected chi connectivity index (χ4v) is 5.18. The minimum atomic E-state index is -0.137. The van der Waals surface area contributed by atoms with Gasteiger partial charge in [-0.25, -0.2) is 4.79 Å². The highest BCUT2D eigenvalue weighted by Gasteiger charge is 2.29. The van der Waals surface area contributed by atoms with Gasteiger partial charge in [0.1, 0.15) is 0 Å². The van der Waals surface area contributed by atoms with Gasteiger partial charge in [0.25, 0.3) is 0 Å². The summed E-state index contributed by atoms with van der Waals surface area (Å²) in [5.74, 6) is 1.52. The molecule has 1 aromatic heterocycles. The van der Waals surface area contributed by atoms with Crippen LogP contribution in [0.4, 0.5) is 16.2 Å². The van der Waals surface area contributed by atoms with Gasteiger partial charge in [-0.15, -0.1) is 0 Å². The number of hydrogen-bond donors (Lipinski definition) is 3. The monoisotopic (exact) mass is 432 g/mol. The number of benzene rings is 2. The number of nitrogen functional groups attached to an aromatic ring is 1. The van der Waals surface area contributed by atoms with Crippen molar-refractivity contribution in [2.75, 3.05) is 17.8 Å². The summed E-state index contributed by atoms with van der Waals surface area (Å²) < 4.78 is 13.6. The van der Waals surface area contributed by atoms with Crippen molar-refractivity contribution in [3.8, 4) is 22.8 Å². The van der Waals surface area contributed by atoms with Crippen molar-refractivity contribution in [3.05, 3.63) is 36.4 Å². The fourth-order valence-electron chi connectivity index (χ4n) is 5.18. The van der Waals surface area contributed by atoms with Gasteiger partial charge in [-0.3, -0.25) is 0 Å². The second-order valence-electron chi connectivity index (χ2n) is 9.10. The van der Waals surface area contributed by atoms with Gasteiger partial charge in [0.2, 0.25) is 6.79 Å². The van der Waals surface area contributed by atoms with Gasteiger partial charge < -0.3 is 30.4 Å². The summed E-state index contributed by atoms with van der Waals surface area (Å²) in [6, 6.07) is 12.6. The number of amides is 2. The Balaban J connectivity index is 1.32. The molecule has 1 aliphatic heterocycles. The lowest BCUT2D eigenvalue weighted by atomic mass is 9.92. The maximum Gasteiger partial charge on any atom is 0.319 e. The highest BCUT2D eigenvalue weighted by Crippen LogP contribution is 2.47. The van der Waals surface area contributed by atoms with Crippen molar-refractivity contribution in [1.29, 1.82) is 0 Å². The Labute approximate surface area is 186 Å². The molecular formula is C25H28N4O3. The molecule has 0 spiro atoms. The molecule has 7 heteroatoms. The molecule has 3 aromatic rings. The Bertz CT molecular complexity index is 1170. The molecule has 2 saturated carbocycles. The first-order valence-corrected chi connectivity index (χ1v) is 11.6. The molecule has 2 amide bonds. The van der Waals surface area contributed by atoms with Gasteiger partial charge in [-0.1, -0.05) is 25.0 Å². The quantitative estimate of drug-likeness (QED) is 0.514. The molecule has 0 saturated heterocycles. The largest absolute Gasteiger partial charge is 0.454 e. The number of ether oxygens (including phenoxy) is 2. The Morgan fingerprint density at radius 1 is 0.969 bits per heavy atom. The summed E-state index contributed by atoms with van der Waals surface area (Å²) >= 11 is 0. The van der Waals surface area contributed by atoms with E-state index >= 15 is 0 Å². The van der Waals surface area contributed by atoms with Gasteiger partial charge in [0.05, 0.1) is 16.9 Å². The minimum absolute atomic E-state index is 0.137. The van der Waals surface area contributed by atoms with E-state index in [2.05, 4.69) is 21.3 Å². The number of aromatic nitrogens is 1. The van der Waals surface area contributed by atoms with E-state index in [1.54, 1.807) is 0 Å². The smallest absolute Gasteiger partial charge is 0.319 e. The molecule has 0 radical (unpaired) electrons. The zero-order valence-corrected chi connectivity index (χ0v) is 18.0. The zero-order chi connectivity index (χ0) is 21.7. The number of nitrogens with zero attached hydrogens (tertiary/aromatic N) is 1. The first-order chi connectivity index (χ1) is 15.7. The van der Waals surface area contributed by atoms with Crippen molar-refractivity contribution in [3.63, 3.8) is 0 Å². The van der Waals surface area contributed by atoms with E-state index in [0.717, 1.165) is 70.7 Å². The van der Waals surface area contributed by atoms with Crippen LogP contribution in [0.5, 0.6) is 11.5 Å². The van der Waals surface area contributed by atoms with Gasteiger partial charge in [0, 0.05) is 34.8 Å². The van der Waals surface area contributed by atoms with Crippen LogP contribution >= 0.6 is 0 Å². The fraction of sp³-hybridized carbons (Fsp3) is 0.400. The molecule has 0 bridgehead atoms. The predicted octanol–water partition coefficient (Wildman–Crippen LogP) is 5.41. The van der Waals surface area contributed by atoms with Crippen LogP contribution < -0.4 is 25.8 Å². The molecule has 0 unspecified atom stereocenters. The van der Waals surface area contributed by atoms with E-state index in [1.807, 2.05) is 30.3 Å². The van der Waals surface area contributed by atoms with Crippen molar-refractivity contribution in [2.24, 2.45) is 0 Å². The number of urea groups is 1.